The topological polar surface area (TPSA) is 29.0 Å². The third-order valence-electron chi connectivity index (χ3n) is 5.68. The van der Waals surface area contributed by atoms with Crippen molar-refractivity contribution in [1.82, 2.24) is 9.97 Å². The van der Waals surface area contributed by atoms with Crippen molar-refractivity contribution < 1.29 is 13.2 Å². The highest BCUT2D eigenvalue weighted by atomic mass is 19.4. The molecule has 6 heteroatoms. The number of hydrogen-bond acceptors (Lipinski definition) is 3. The van der Waals surface area contributed by atoms with E-state index in [4.69, 9.17) is 0 Å². The molecule has 3 heterocycles. The maximum absolute atomic E-state index is 13.1. The first-order chi connectivity index (χ1) is 14.3. The summed E-state index contributed by atoms with van der Waals surface area (Å²) in [4.78, 5) is 11.4. The van der Waals surface area contributed by atoms with Gasteiger partial charge in [-0.05, 0) is 62.9 Å². The van der Waals surface area contributed by atoms with Gasteiger partial charge >= 0.3 is 6.18 Å². The van der Waals surface area contributed by atoms with Crippen LogP contribution in [0.25, 0.3) is 22.3 Å². The molecule has 0 unspecified atom stereocenters. The highest BCUT2D eigenvalue weighted by Crippen LogP contribution is 2.35. The van der Waals surface area contributed by atoms with Crippen molar-refractivity contribution in [1.29, 1.82) is 0 Å². The van der Waals surface area contributed by atoms with E-state index in [1.54, 1.807) is 12.3 Å². The molecule has 1 aliphatic heterocycles. The molecular formula is C24H24F3N3. The lowest BCUT2D eigenvalue weighted by atomic mass is 9.98. The molecule has 4 rings (SSSR count). The van der Waals surface area contributed by atoms with Gasteiger partial charge in [-0.2, -0.15) is 13.2 Å². The molecule has 156 valence electrons. The lowest BCUT2D eigenvalue weighted by Crippen LogP contribution is -2.30. The van der Waals surface area contributed by atoms with Gasteiger partial charge in [0.2, 0.25) is 0 Å². The van der Waals surface area contributed by atoms with Gasteiger partial charge in [-0.15, -0.1) is 0 Å². The largest absolute Gasteiger partial charge is 0.416 e. The van der Waals surface area contributed by atoms with E-state index in [2.05, 4.69) is 20.9 Å². The van der Waals surface area contributed by atoms with Crippen LogP contribution in [0.4, 0.5) is 18.9 Å². The molecule has 0 saturated carbocycles. The van der Waals surface area contributed by atoms with Crippen LogP contribution < -0.4 is 4.90 Å². The Balaban J connectivity index is 1.74. The van der Waals surface area contributed by atoms with Crippen molar-refractivity contribution in [2.24, 2.45) is 0 Å². The van der Waals surface area contributed by atoms with E-state index in [1.807, 2.05) is 26.1 Å². The minimum Gasteiger partial charge on any atom is -0.370 e. The Bertz CT molecular complexity index is 1050. The molecule has 0 aliphatic carbocycles. The summed E-state index contributed by atoms with van der Waals surface area (Å²) in [7, 11) is 0. The second kappa shape index (κ2) is 8.09. The van der Waals surface area contributed by atoms with Crippen molar-refractivity contribution in [3.05, 3.63) is 65.7 Å². The molecule has 0 bridgehead atoms. The number of rotatable bonds is 3. The maximum Gasteiger partial charge on any atom is 0.416 e. The summed E-state index contributed by atoms with van der Waals surface area (Å²) in [6.07, 6.45) is 2.68. The fourth-order valence-corrected chi connectivity index (χ4v) is 3.98. The molecule has 2 aromatic heterocycles. The van der Waals surface area contributed by atoms with Crippen LogP contribution >= 0.6 is 0 Å². The summed E-state index contributed by atoms with van der Waals surface area (Å²) >= 11 is 0. The summed E-state index contributed by atoms with van der Waals surface area (Å²) in [5.41, 5.74) is 5.23. The van der Waals surface area contributed by atoms with Gasteiger partial charge in [0.1, 0.15) is 0 Å². The average Bonchev–Trinajstić information content (AvgIpc) is 2.75. The first kappa shape index (κ1) is 20.4. The lowest BCUT2D eigenvalue weighted by molar-refractivity contribution is -0.137. The quantitative estimate of drug-likeness (QED) is 0.497. The fraction of sp³-hybridized carbons (Fsp3) is 0.333. The van der Waals surface area contributed by atoms with Crippen LogP contribution in [-0.4, -0.2) is 23.1 Å². The third-order valence-corrected chi connectivity index (χ3v) is 5.68. The number of nitrogens with zero attached hydrogens (tertiary/aromatic N) is 3. The molecule has 0 atom stereocenters. The van der Waals surface area contributed by atoms with Gasteiger partial charge in [-0.3, -0.25) is 9.97 Å². The number of piperidine rings is 1. The van der Waals surface area contributed by atoms with Crippen LogP contribution in [-0.2, 0) is 6.18 Å². The third kappa shape index (κ3) is 4.18. The van der Waals surface area contributed by atoms with E-state index in [-0.39, 0.29) is 0 Å². The number of halogens is 3. The standard InChI is InChI=1S/C24H24F3N3/c1-16-22(20-13-23(17(2)29-15-20)30-9-4-3-5-10-30)12-19(14-28-16)18-7-6-8-21(11-18)24(25,26)27/h6-8,11-15H,3-5,9-10H2,1-2H3. The highest BCUT2D eigenvalue weighted by Gasteiger charge is 2.30. The predicted molar refractivity (Wildman–Crippen MR) is 113 cm³/mol. The molecule has 1 aromatic carbocycles. The van der Waals surface area contributed by atoms with Crippen molar-refractivity contribution in [3.8, 4) is 22.3 Å². The molecule has 0 amide bonds. The van der Waals surface area contributed by atoms with Crippen molar-refractivity contribution >= 4 is 5.69 Å². The Hall–Kier alpha value is -2.89. The maximum atomic E-state index is 13.1. The Morgan fingerprint density at radius 2 is 1.50 bits per heavy atom. The summed E-state index contributed by atoms with van der Waals surface area (Å²) in [6, 6.07) is 9.40. The number of benzene rings is 1. The Kier molecular flexibility index (Phi) is 5.50. The first-order valence-electron chi connectivity index (χ1n) is 10.2. The molecule has 3 aromatic rings. The molecule has 3 nitrogen and oxygen atoms in total. The van der Waals surface area contributed by atoms with E-state index in [1.165, 1.54) is 31.4 Å². The lowest BCUT2D eigenvalue weighted by Gasteiger charge is -2.30. The van der Waals surface area contributed by atoms with Gasteiger partial charge in [-0.1, -0.05) is 12.1 Å². The zero-order chi connectivity index (χ0) is 21.3. The van der Waals surface area contributed by atoms with Crippen LogP contribution in [0.1, 0.15) is 36.2 Å². The number of aromatic nitrogens is 2. The predicted octanol–water partition coefficient (Wildman–Crippen LogP) is 6.44. The van der Waals surface area contributed by atoms with E-state index in [9.17, 15) is 13.2 Å². The monoisotopic (exact) mass is 411 g/mol. The van der Waals surface area contributed by atoms with E-state index in [0.29, 0.717) is 11.1 Å². The molecule has 0 spiro atoms. The first-order valence-corrected chi connectivity index (χ1v) is 10.2. The van der Waals surface area contributed by atoms with Gasteiger partial charge in [-0.25, -0.2) is 0 Å². The fourth-order valence-electron chi connectivity index (χ4n) is 3.98. The minimum absolute atomic E-state index is 0.495. The Morgan fingerprint density at radius 3 is 2.23 bits per heavy atom. The van der Waals surface area contributed by atoms with Crippen LogP contribution in [0, 0.1) is 13.8 Å². The molecule has 0 radical (unpaired) electrons. The summed E-state index contributed by atoms with van der Waals surface area (Å²) in [5.74, 6) is 0. The Labute approximate surface area is 174 Å². The van der Waals surface area contributed by atoms with Crippen LogP contribution in [0.3, 0.4) is 0 Å². The van der Waals surface area contributed by atoms with Crippen LogP contribution in [0.2, 0.25) is 0 Å². The van der Waals surface area contributed by atoms with E-state index >= 15 is 0 Å². The van der Waals surface area contributed by atoms with Gasteiger partial charge in [0.05, 0.1) is 16.9 Å². The number of aryl methyl sites for hydroxylation is 2. The summed E-state index contributed by atoms with van der Waals surface area (Å²) in [5, 5.41) is 0. The van der Waals surface area contributed by atoms with Gasteiger partial charge in [0.15, 0.2) is 0 Å². The van der Waals surface area contributed by atoms with Gasteiger partial charge in [0.25, 0.3) is 0 Å². The number of anilines is 1. The minimum atomic E-state index is -4.37. The summed E-state index contributed by atoms with van der Waals surface area (Å²) < 4.78 is 39.4. The Morgan fingerprint density at radius 1 is 0.800 bits per heavy atom. The molecular weight excluding hydrogens is 387 g/mol. The van der Waals surface area contributed by atoms with Gasteiger partial charge in [0, 0.05) is 47.9 Å². The molecule has 0 N–H and O–H groups in total. The SMILES string of the molecule is Cc1ncc(-c2cccc(C(F)(F)F)c2)cc1-c1cnc(C)c(N2CCCCC2)c1. The number of hydrogen-bond donors (Lipinski definition) is 0. The zero-order valence-electron chi connectivity index (χ0n) is 17.1. The second-order valence-electron chi connectivity index (χ2n) is 7.81. The van der Waals surface area contributed by atoms with E-state index in [0.717, 1.165) is 47.4 Å². The zero-order valence-corrected chi connectivity index (χ0v) is 17.1. The average molecular weight is 411 g/mol. The number of pyridine rings is 2. The van der Waals surface area contributed by atoms with Crippen LogP contribution in [0.15, 0.2) is 48.8 Å². The second-order valence-corrected chi connectivity index (χ2v) is 7.81. The summed E-state index contributed by atoms with van der Waals surface area (Å²) in [6.45, 7) is 5.96. The molecule has 1 aliphatic rings. The van der Waals surface area contributed by atoms with Crippen molar-refractivity contribution in [2.45, 2.75) is 39.3 Å². The van der Waals surface area contributed by atoms with Crippen LogP contribution in [0.5, 0.6) is 0 Å². The molecule has 30 heavy (non-hydrogen) atoms. The van der Waals surface area contributed by atoms with Gasteiger partial charge < -0.3 is 4.90 Å². The number of alkyl halides is 3. The molecule has 1 saturated heterocycles. The normalized spacial score (nSPS) is 14.8. The highest BCUT2D eigenvalue weighted by molar-refractivity contribution is 5.76. The van der Waals surface area contributed by atoms with E-state index < -0.39 is 11.7 Å². The molecule has 1 fully saturated rings. The smallest absolute Gasteiger partial charge is 0.370 e. The van der Waals surface area contributed by atoms with Crippen molar-refractivity contribution in [2.75, 3.05) is 18.0 Å². The van der Waals surface area contributed by atoms with Crippen molar-refractivity contribution in [3.63, 3.8) is 0 Å².